The van der Waals surface area contributed by atoms with Crippen LogP contribution in [0.15, 0.2) is 60.7 Å². The third-order valence-corrected chi connectivity index (χ3v) is 9.97. The zero-order chi connectivity index (χ0) is 40.1. The first-order valence-electron chi connectivity index (χ1n) is 17.8. The number of methoxy groups -OCH3 is 2. The Kier molecular flexibility index (Phi) is 13.0. The predicted molar refractivity (Wildman–Crippen MR) is 192 cm³/mol. The summed E-state index contributed by atoms with van der Waals surface area (Å²) in [5, 5.41) is 83.2. The first kappa shape index (κ1) is 41.1. The monoisotopic (exact) mass is 786 g/mol. The van der Waals surface area contributed by atoms with Crippen molar-refractivity contribution in [2.45, 2.75) is 67.1 Å². The Bertz CT molecular complexity index is 1830. The molecule has 10 atom stereocenters. The van der Waals surface area contributed by atoms with E-state index in [0.717, 1.165) is 11.6 Å². The second-order valence-electron chi connectivity index (χ2n) is 13.7. The molecule has 56 heavy (non-hydrogen) atoms. The quantitative estimate of drug-likeness (QED) is 0.0767. The Hall–Kier alpha value is -4.53. The Labute approximate surface area is 321 Å². The molecule has 3 aliphatic heterocycles. The molecule has 304 valence electrons. The van der Waals surface area contributed by atoms with Crippen LogP contribution >= 0.6 is 0 Å². The molecule has 17 heteroatoms. The molecule has 0 amide bonds. The van der Waals surface area contributed by atoms with Crippen molar-refractivity contribution in [3.63, 3.8) is 0 Å². The SMILES string of the molecule is COc1cc([C@@H]2Oc3c(OC)cc(/C=C/C(=O)OC[C@@]4(O)CO[C@@H](O[C@H]5[C@H](OCCc6ccc(O)cc6)O[C@H](CO)[C@@H](O)[C@@H]5O)[C@@H]4O)cc3[C@H]2CO)ccc1O. The van der Waals surface area contributed by atoms with Crippen molar-refractivity contribution in [2.75, 3.05) is 47.3 Å². The van der Waals surface area contributed by atoms with Gasteiger partial charge in [0.1, 0.15) is 49.0 Å². The topological polar surface area (TPSA) is 253 Å². The van der Waals surface area contributed by atoms with Crippen molar-refractivity contribution in [1.29, 1.82) is 0 Å². The molecule has 3 aromatic rings. The molecule has 0 spiro atoms. The smallest absolute Gasteiger partial charge is 0.330 e. The number of aromatic hydroxyl groups is 2. The average molecular weight is 787 g/mol. The number of carbonyl (C=O) groups excluding carboxylic acids is 1. The third-order valence-electron chi connectivity index (χ3n) is 9.97. The van der Waals surface area contributed by atoms with E-state index in [9.17, 15) is 45.6 Å². The van der Waals surface area contributed by atoms with Crippen LogP contribution in [0.25, 0.3) is 6.08 Å². The van der Waals surface area contributed by atoms with Crippen LogP contribution in [-0.2, 0) is 34.9 Å². The number of ether oxygens (including phenoxy) is 8. The number of phenols is 2. The fourth-order valence-corrected chi connectivity index (χ4v) is 6.78. The third kappa shape index (κ3) is 8.72. The number of phenolic OH excluding ortho intramolecular Hbond substituents is 2. The molecule has 3 heterocycles. The first-order valence-corrected chi connectivity index (χ1v) is 17.8. The number of benzene rings is 3. The highest BCUT2D eigenvalue weighted by molar-refractivity contribution is 5.87. The number of hydrogen-bond donors (Lipinski definition) is 8. The summed E-state index contributed by atoms with van der Waals surface area (Å²) >= 11 is 0. The molecule has 0 aliphatic carbocycles. The minimum absolute atomic E-state index is 0.0434. The summed E-state index contributed by atoms with van der Waals surface area (Å²) in [5.74, 6) is -0.387. The summed E-state index contributed by atoms with van der Waals surface area (Å²) in [4.78, 5) is 12.8. The summed E-state index contributed by atoms with van der Waals surface area (Å²) in [6.45, 7) is -2.14. The molecule has 0 saturated carbocycles. The van der Waals surface area contributed by atoms with Crippen LogP contribution in [0.5, 0.6) is 28.7 Å². The maximum atomic E-state index is 12.8. The lowest BCUT2D eigenvalue weighted by atomic mass is 9.90. The second kappa shape index (κ2) is 17.7. The van der Waals surface area contributed by atoms with Gasteiger partial charge in [-0.15, -0.1) is 0 Å². The van der Waals surface area contributed by atoms with Gasteiger partial charge in [-0.1, -0.05) is 18.2 Å². The van der Waals surface area contributed by atoms with Crippen LogP contribution in [0.3, 0.4) is 0 Å². The highest BCUT2D eigenvalue weighted by Gasteiger charge is 2.54. The molecule has 0 bridgehead atoms. The van der Waals surface area contributed by atoms with E-state index in [1.165, 1.54) is 38.5 Å². The average Bonchev–Trinajstić information content (AvgIpc) is 3.72. The van der Waals surface area contributed by atoms with Crippen molar-refractivity contribution < 1.29 is 83.5 Å². The van der Waals surface area contributed by atoms with Crippen LogP contribution < -0.4 is 14.2 Å². The fourth-order valence-electron chi connectivity index (χ4n) is 6.78. The van der Waals surface area contributed by atoms with Crippen molar-refractivity contribution in [1.82, 2.24) is 0 Å². The van der Waals surface area contributed by atoms with E-state index in [2.05, 4.69) is 0 Å². The molecule has 0 radical (unpaired) electrons. The van der Waals surface area contributed by atoms with Crippen LogP contribution in [-0.4, -0.2) is 143 Å². The molecule has 2 saturated heterocycles. The maximum Gasteiger partial charge on any atom is 0.330 e. The fraction of sp³-hybridized carbons (Fsp3) is 0.462. The second-order valence-corrected chi connectivity index (χ2v) is 13.7. The van der Waals surface area contributed by atoms with Crippen LogP contribution in [0.2, 0.25) is 0 Å². The van der Waals surface area contributed by atoms with E-state index < -0.39 is 86.5 Å². The number of hydrogen-bond acceptors (Lipinski definition) is 17. The van der Waals surface area contributed by atoms with Crippen molar-refractivity contribution in [3.05, 3.63) is 82.9 Å². The lowest BCUT2D eigenvalue weighted by molar-refractivity contribution is -0.335. The first-order chi connectivity index (χ1) is 26.9. The standard InChI is InChI=1S/C39H46O17/c1-49-27-15-22(6-9-26(27)43)33-25(16-40)24-13-21(14-28(50-2)34(24)55-33)5-10-30(44)52-18-39(48)19-53-38(36(39)47)56-35-32(46)31(45)29(17-41)54-37(35)51-12-11-20-3-7-23(42)8-4-20/h3-10,13-15,25,29,31-33,35-38,40-43,45-48H,11-12,16-19H2,1-2H3/b10-5+/t25-,29-,31-,32+,33+,35-,36+,37-,38+,39-/m1/s1. The zero-order valence-corrected chi connectivity index (χ0v) is 30.5. The van der Waals surface area contributed by atoms with Gasteiger partial charge in [-0.3, -0.25) is 0 Å². The largest absolute Gasteiger partial charge is 0.508 e. The Balaban J connectivity index is 1.07. The summed E-state index contributed by atoms with van der Waals surface area (Å²) in [6, 6.07) is 14.5. The van der Waals surface area contributed by atoms with Crippen LogP contribution in [0.4, 0.5) is 0 Å². The summed E-state index contributed by atoms with van der Waals surface area (Å²) in [6.07, 6.45) is -8.36. The van der Waals surface area contributed by atoms with E-state index in [4.69, 9.17) is 37.9 Å². The number of esters is 1. The Morgan fingerprint density at radius 1 is 0.929 bits per heavy atom. The minimum atomic E-state index is -2.13. The van der Waals surface area contributed by atoms with Gasteiger partial charge in [0.25, 0.3) is 0 Å². The lowest BCUT2D eigenvalue weighted by Gasteiger charge is -2.42. The van der Waals surface area contributed by atoms with Crippen molar-refractivity contribution in [3.8, 4) is 28.7 Å². The molecule has 17 nitrogen and oxygen atoms in total. The molecule has 6 rings (SSSR count). The molecule has 0 aromatic heterocycles. The van der Waals surface area contributed by atoms with Gasteiger partial charge in [0.15, 0.2) is 41.2 Å². The summed E-state index contributed by atoms with van der Waals surface area (Å²) in [7, 11) is 2.87. The summed E-state index contributed by atoms with van der Waals surface area (Å²) in [5.41, 5.74) is 0.440. The van der Waals surface area contributed by atoms with Crippen molar-refractivity contribution in [2.24, 2.45) is 0 Å². The predicted octanol–water partition coefficient (Wildman–Crippen LogP) is 0.413. The lowest BCUT2D eigenvalue weighted by Crippen LogP contribution is -2.61. The molecular formula is C39H46O17. The van der Waals surface area contributed by atoms with Gasteiger partial charge in [0.2, 0.25) is 0 Å². The van der Waals surface area contributed by atoms with Gasteiger partial charge < -0.3 is 78.7 Å². The highest BCUT2D eigenvalue weighted by atomic mass is 16.8. The van der Waals surface area contributed by atoms with E-state index in [1.54, 1.807) is 36.4 Å². The van der Waals surface area contributed by atoms with E-state index in [0.29, 0.717) is 34.6 Å². The molecule has 3 aliphatic rings. The number of carbonyl (C=O) groups is 1. The van der Waals surface area contributed by atoms with Crippen LogP contribution in [0, 0.1) is 0 Å². The van der Waals surface area contributed by atoms with Gasteiger partial charge in [0.05, 0.1) is 46.6 Å². The molecule has 3 aromatic carbocycles. The number of rotatable bonds is 15. The van der Waals surface area contributed by atoms with Gasteiger partial charge in [-0.05, 0) is 65.6 Å². The Morgan fingerprint density at radius 3 is 2.38 bits per heavy atom. The maximum absolute atomic E-state index is 12.8. The highest BCUT2D eigenvalue weighted by Crippen LogP contribution is 2.51. The van der Waals surface area contributed by atoms with Gasteiger partial charge >= 0.3 is 5.97 Å². The minimum Gasteiger partial charge on any atom is -0.508 e. The van der Waals surface area contributed by atoms with E-state index >= 15 is 0 Å². The van der Waals surface area contributed by atoms with Gasteiger partial charge in [0, 0.05) is 11.6 Å². The molecule has 8 N–H and O–H groups in total. The van der Waals surface area contributed by atoms with Crippen molar-refractivity contribution >= 4 is 12.0 Å². The zero-order valence-electron chi connectivity index (χ0n) is 30.5. The number of aliphatic hydroxyl groups is 6. The normalized spacial score (nSPS) is 29.9. The summed E-state index contributed by atoms with van der Waals surface area (Å²) < 4.78 is 45.0. The van der Waals surface area contributed by atoms with Gasteiger partial charge in [-0.2, -0.15) is 0 Å². The van der Waals surface area contributed by atoms with Crippen LogP contribution in [0.1, 0.15) is 34.3 Å². The number of fused-ring (bicyclic) bond motifs is 1. The molecule has 2 fully saturated rings. The van der Waals surface area contributed by atoms with E-state index in [-0.39, 0.29) is 30.5 Å². The number of aliphatic hydroxyl groups excluding tert-OH is 5. The van der Waals surface area contributed by atoms with E-state index in [1.807, 2.05) is 0 Å². The molecular weight excluding hydrogens is 740 g/mol. The molecule has 0 unspecified atom stereocenters. The Morgan fingerprint density at radius 2 is 1.68 bits per heavy atom. The van der Waals surface area contributed by atoms with Gasteiger partial charge in [-0.25, -0.2) is 4.79 Å².